The van der Waals surface area contributed by atoms with Gasteiger partial charge in [-0.1, -0.05) is 30.2 Å². The topological polar surface area (TPSA) is 44.8 Å². The molecule has 0 aliphatic heterocycles. The third-order valence-corrected chi connectivity index (χ3v) is 4.87. The second-order valence-corrected chi connectivity index (χ2v) is 7.28. The summed E-state index contributed by atoms with van der Waals surface area (Å²) in [6.45, 7) is 2.17. The maximum Gasteiger partial charge on any atom is 0.347 e. The molecule has 2 aromatic carbocycles. The minimum atomic E-state index is -0.622. The molecular formula is C22H25ClO4. The van der Waals surface area contributed by atoms with Gasteiger partial charge in [0.25, 0.3) is 0 Å². The zero-order valence-corrected chi connectivity index (χ0v) is 16.3. The van der Waals surface area contributed by atoms with Gasteiger partial charge in [-0.25, -0.2) is 4.79 Å². The third-order valence-electron chi connectivity index (χ3n) is 4.62. The van der Waals surface area contributed by atoms with E-state index in [-0.39, 0.29) is 12.1 Å². The summed E-state index contributed by atoms with van der Waals surface area (Å²) in [4.78, 5) is 12.2. The van der Waals surface area contributed by atoms with Crippen LogP contribution in [0.15, 0.2) is 48.5 Å². The van der Waals surface area contributed by atoms with Gasteiger partial charge in [0.2, 0.25) is 0 Å². The molecule has 0 bridgehead atoms. The molecule has 0 N–H and O–H groups in total. The van der Waals surface area contributed by atoms with Crippen LogP contribution in [0.5, 0.6) is 11.5 Å². The van der Waals surface area contributed by atoms with Crippen LogP contribution < -0.4 is 9.47 Å². The lowest BCUT2D eigenvalue weighted by molar-refractivity contribution is -0.158. The molecule has 5 heteroatoms. The Hall–Kier alpha value is -2.20. The molecule has 0 radical (unpaired) electrons. The Kier molecular flexibility index (Phi) is 6.99. The van der Waals surface area contributed by atoms with Gasteiger partial charge in [0, 0.05) is 5.02 Å². The summed E-state index contributed by atoms with van der Waals surface area (Å²) in [5.41, 5.74) is 1.01. The standard InChI is InChI=1S/C22H25ClO4/c1-16(22(24)27-20-5-3-2-4-6-20)26-21-11-7-17(8-12-21)15-25-19-13-9-18(23)10-14-19/h7-14,16,20H,2-6,15H2,1H3. The quantitative estimate of drug-likeness (QED) is 0.582. The molecule has 1 aliphatic carbocycles. The number of carbonyl (C=O) groups is 1. The van der Waals surface area contributed by atoms with E-state index < -0.39 is 6.10 Å². The number of hydrogen-bond donors (Lipinski definition) is 0. The number of benzene rings is 2. The molecule has 1 saturated carbocycles. The average molecular weight is 389 g/mol. The summed E-state index contributed by atoms with van der Waals surface area (Å²) >= 11 is 5.86. The predicted octanol–water partition coefficient (Wildman–Crippen LogP) is 5.56. The first-order valence-electron chi connectivity index (χ1n) is 9.44. The summed E-state index contributed by atoms with van der Waals surface area (Å²) in [6.07, 6.45) is 4.84. The molecule has 27 heavy (non-hydrogen) atoms. The first-order valence-corrected chi connectivity index (χ1v) is 9.82. The van der Waals surface area contributed by atoms with Gasteiger partial charge in [-0.05, 0) is 74.6 Å². The Labute approximate surface area is 165 Å². The van der Waals surface area contributed by atoms with Crippen molar-refractivity contribution in [1.82, 2.24) is 0 Å². The Bertz CT molecular complexity index is 721. The van der Waals surface area contributed by atoms with Crippen LogP contribution in [0.25, 0.3) is 0 Å². The van der Waals surface area contributed by atoms with E-state index in [1.165, 1.54) is 6.42 Å². The van der Waals surface area contributed by atoms with E-state index in [2.05, 4.69) is 0 Å². The molecule has 0 aromatic heterocycles. The van der Waals surface area contributed by atoms with Crippen molar-refractivity contribution in [2.75, 3.05) is 0 Å². The maximum atomic E-state index is 12.2. The molecule has 3 rings (SSSR count). The van der Waals surface area contributed by atoms with Crippen LogP contribution in [0.2, 0.25) is 5.02 Å². The van der Waals surface area contributed by atoms with Crippen molar-refractivity contribution in [3.63, 3.8) is 0 Å². The number of ether oxygens (including phenoxy) is 3. The van der Waals surface area contributed by atoms with Crippen molar-refractivity contribution in [3.8, 4) is 11.5 Å². The minimum absolute atomic E-state index is 0.0460. The van der Waals surface area contributed by atoms with E-state index in [1.807, 2.05) is 36.4 Å². The molecule has 4 nitrogen and oxygen atoms in total. The fourth-order valence-electron chi connectivity index (χ4n) is 3.06. The fourth-order valence-corrected chi connectivity index (χ4v) is 3.18. The van der Waals surface area contributed by atoms with E-state index >= 15 is 0 Å². The Morgan fingerprint density at radius 1 is 1.00 bits per heavy atom. The van der Waals surface area contributed by atoms with E-state index in [4.69, 9.17) is 25.8 Å². The summed E-state index contributed by atoms with van der Waals surface area (Å²) in [5.74, 6) is 1.11. The molecule has 2 aromatic rings. The molecule has 0 spiro atoms. The van der Waals surface area contributed by atoms with Gasteiger partial charge in [0.15, 0.2) is 6.10 Å². The normalized spacial score (nSPS) is 15.8. The van der Waals surface area contributed by atoms with Gasteiger partial charge in [-0.2, -0.15) is 0 Å². The molecular weight excluding hydrogens is 364 g/mol. The highest BCUT2D eigenvalue weighted by molar-refractivity contribution is 6.30. The van der Waals surface area contributed by atoms with Crippen LogP contribution in [0.1, 0.15) is 44.6 Å². The Morgan fingerprint density at radius 3 is 2.30 bits per heavy atom. The molecule has 0 amide bonds. The molecule has 1 unspecified atom stereocenters. The van der Waals surface area contributed by atoms with E-state index in [1.54, 1.807) is 19.1 Å². The van der Waals surface area contributed by atoms with Crippen molar-refractivity contribution >= 4 is 17.6 Å². The van der Waals surface area contributed by atoms with Gasteiger partial charge < -0.3 is 14.2 Å². The summed E-state index contributed by atoms with van der Waals surface area (Å²) in [6, 6.07) is 14.8. The zero-order valence-electron chi connectivity index (χ0n) is 15.5. The predicted molar refractivity (Wildman–Crippen MR) is 105 cm³/mol. The summed E-state index contributed by atoms with van der Waals surface area (Å²) in [5, 5.41) is 0.681. The molecule has 0 saturated heterocycles. The minimum Gasteiger partial charge on any atom is -0.489 e. The highest BCUT2D eigenvalue weighted by Crippen LogP contribution is 2.22. The van der Waals surface area contributed by atoms with Crippen molar-refractivity contribution in [3.05, 3.63) is 59.1 Å². The van der Waals surface area contributed by atoms with E-state index in [0.717, 1.165) is 37.0 Å². The van der Waals surface area contributed by atoms with Crippen molar-refractivity contribution in [2.45, 2.75) is 57.8 Å². The zero-order chi connectivity index (χ0) is 19.1. The number of esters is 1. The molecule has 1 aliphatic rings. The lowest BCUT2D eigenvalue weighted by atomic mass is 9.98. The van der Waals surface area contributed by atoms with Gasteiger partial charge in [-0.15, -0.1) is 0 Å². The van der Waals surface area contributed by atoms with Crippen molar-refractivity contribution in [1.29, 1.82) is 0 Å². The van der Waals surface area contributed by atoms with Gasteiger partial charge in [-0.3, -0.25) is 0 Å². The van der Waals surface area contributed by atoms with Crippen LogP contribution in [0.4, 0.5) is 0 Å². The van der Waals surface area contributed by atoms with Gasteiger partial charge >= 0.3 is 5.97 Å². The largest absolute Gasteiger partial charge is 0.489 e. The Balaban J connectivity index is 1.46. The smallest absolute Gasteiger partial charge is 0.347 e. The average Bonchev–Trinajstić information content (AvgIpc) is 2.69. The first-order chi connectivity index (χ1) is 13.1. The lowest BCUT2D eigenvalue weighted by Gasteiger charge is -2.23. The number of carbonyl (C=O) groups excluding carboxylic acids is 1. The Morgan fingerprint density at radius 2 is 1.63 bits per heavy atom. The lowest BCUT2D eigenvalue weighted by Crippen LogP contribution is -2.31. The van der Waals surface area contributed by atoms with Crippen LogP contribution in [-0.2, 0) is 16.1 Å². The second kappa shape index (κ2) is 9.65. The highest BCUT2D eigenvalue weighted by Gasteiger charge is 2.22. The van der Waals surface area contributed by atoms with Crippen LogP contribution in [-0.4, -0.2) is 18.2 Å². The number of hydrogen-bond acceptors (Lipinski definition) is 4. The molecule has 1 atom stereocenters. The highest BCUT2D eigenvalue weighted by atomic mass is 35.5. The van der Waals surface area contributed by atoms with Crippen LogP contribution in [0.3, 0.4) is 0 Å². The fraction of sp³-hybridized carbons (Fsp3) is 0.409. The van der Waals surface area contributed by atoms with E-state index in [0.29, 0.717) is 17.4 Å². The third kappa shape index (κ3) is 6.17. The van der Waals surface area contributed by atoms with Crippen LogP contribution in [0, 0.1) is 0 Å². The summed E-state index contributed by atoms with van der Waals surface area (Å²) in [7, 11) is 0. The second-order valence-electron chi connectivity index (χ2n) is 6.84. The number of rotatable bonds is 7. The molecule has 144 valence electrons. The molecule has 0 heterocycles. The summed E-state index contributed by atoms with van der Waals surface area (Å²) < 4.78 is 17.0. The SMILES string of the molecule is CC(Oc1ccc(COc2ccc(Cl)cc2)cc1)C(=O)OC1CCCCC1. The first kappa shape index (κ1) is 19.6. The van der Waals surface area contributed by atoms with Crippen molar-refractivity contribution in [2.24, 2.45) is 0 Å². The van der Waals surface area contributed by atoms with Gasteiger partial charge in [0.05, 0.1) is 0 Å². The van der Waals surface area contributed by atoms with Crippen molar-refractivity contribution < 1.29 is 19.0 Å². The maximum absolute atomic E-state index is 12.2. The molecule has 1 fully saturated rings. The number of halogens is 1. The van der Waals surface area contributed by atoms with Crippen LogP contribution >= 0.6 is 11.6 Å². The van der Waals surface area contributed by atoms with Gasteiger partial charge in [0.1, 0.15) is 24.2 Å². The van der Waals surface area contributed by atoms with E-state index in [9.17, 15) is 4.79 Å². The monoisotopic (exact) mass is 388 g/mol.